The molecule has 1 aromatic heterocycles. The number of rotatable bonds is 3. The Labute approximate surface area is 201 Å². The molecular weight excluding hydrogens is 470 g/mol. The third-order valence-electron chi connectivity index (χ3n) is 7.00. The van der Waals surface area contributed by atoms with Crippen molar-refractivity contribution in [2.45, 2.75) is 11.3 Å². The van der Waals surface area contributed by atoms with Gasteiger partial charge in [0.05, 0.1) is 24.2 Å². The highest BCUT2D eigenvalue weighted by atomic mass is 32.2. The van der Waals surface area contributed by atoms with Crippen LogP contribution in [0.4, 0.5) is 10.5 Å². The summed E-state index contributed by atoms with van der Waals surface area (Å²) in [5.41, 5.74) is 7.92. The van der Waals surface area contributed by atoms with Crippen LogP contribution in [0.25, 0.3) is 16.6 Å². The number of carbonyl (C=O) groups is 1. The SMILES string of the molecule is NC(=O)Oc1ccc2[nH]c(C3=CCC4(C=C3)[N+]3(CCOCC3)N(c3ccccc3)S4(=O)=O)nc2c1. The second kappa shape index (κ2) is 7.67. The van der Waals surface area contributed by atoms with Gasteiger partial charge in [-0.15, -0.1) is 4.41 Å². The number of hydrogen-bond donors (Lipinski definition) is 2. The maximum Gasteiger partial charge on any atom is 0.409 e. The lowest BCUT2D eigenvalue weighted by atomic mass is 9.98. The van der Waals surface area contributed by atoms with Crippen LogP contribution in [0, 0.1) is 0 Å². The number of fused-ring (bicyclic) bond motifs is 2. The molecule has 1 unspecified atom stereocenters. The molecule has 1 atom stereocenters. The molecule has 6 rings (SSSR count). The number of imidazole rings is 1. The Morgan fingerprint density at radius 1 is 1.17 bits per heavy atom. The number of H-pyrrole nitrogens is 1. The zero-order chi connectivity index (χ0) is 24.3. The Balaban J connectivity index is 1.35. The minimum atomic E-state index is -3.67. The quantitative estimate of drug-likeness (QED) is 0.539. The summed E-state index contributed by atoms with van der Waals surface area (Å²) >= 11 is 0. The number of morpholine rings is 1. The van der Waals surface area contributed by atoms with Crippen molar-refractivity contribution in [3.05, 3.63) is 72.6 Å². The molecular formula is C24H24N5O5S+. The lowest BCUT2D eigenvalue weighted by molar-refractivity contribution is -0.976. The van der Waals surface area contributed by atoms with E-state index < -0.39 is 21.0 Å². The van der Waals surface area contributed by atoms with Crippen molar-refractivity contribution in [2.75, 3.05) is 30.7 Å². The normalized spacial score (nSPS) is 24.3. The second-order valence-corrected chi connectivity index (χ2v) is 10.8. The number of benzene rings is 2. The van der Waals surface area contributed by atoms with Gasteiger partial charge in [0.15, 0.2) is 0 Å². The Morgan fingerprint density at radius 2 is 1.94 bits per heavy atom. The summed E-state index contributed by atoms with van der Waals surface area (Å²) in [6, 6.07) is 14.2. The van der Waals surface area contributed by atoms with E-state index in [0.717, 1.165) is 11.1 Å². The largest absolute Gasteiger partial charge is 0.410 e. The number of anilines is 1. The number of carbonyl (C=O) groups excluding carboxylic acids is 1. The predicted molar refractivity (Wildman–Crippen MR) is 129 cm³/mol. The molecule has 2 aliphatic heterocycles. The van der Waals surface area contributed by atoms with Crippen LogP contribution in [0.2, 0.25) is 0 Å². The molecule has 0 radical (unpaired) electrons. The number of para-hydroxylation sites is 1. The highest BCUT2D eigenvalue weighted by molar-refractivity contribution is 7.95. The molecule has 3 N–H and O–H groups in total. The fourth-order valence-electron chi connectivity index (χ4n) is 5.40. The summed E-state index contributed by atoms with van der Waals surface area (Å²) in [6.07, 6.45) is 5.00. The number of allylic oxidation sites excluding steroid dienone is 2. The lowest BCUT2D eigenvalue weighted by Gasteiger charge is -2.64. The first-order valence-corrected chi connectivity index (χ1v) is 12.7. The fourth-order valence-corrected chi connectivity index (χ4v) is 7.93. The number of sulfonamides is 1. The van der Waals surface area contributed by atoms with Crippen molar-refractivity contribution >= 4 is 38.4 Å². The summed E-state index contributed by atoms with van der Waals surface area (Å²) in [6.45, 7) is 2.11. The molecule has 180 valence electrons. The molecule has 0 bridgehead atoms. The van der Waals surface area contributed by atoms with Gasteiger partial charge in [0.25, 0.3) is 4.87 Å². The Bertz CT molecular complexity index is 1490. The average Bonchev–Trinajstić information content (AvgIpc) is 3.28. The fraction of sp³-hybridized carbons (Fsp3) is 0.250. The van der Waals surface area contributed by atoms with Gasteiger partial charge in [-0.2, -0.15) is 13.0 Å². The summed E-state index contributed by atoms with van der Waals surface area (Å²) in [5.74, 6) is 0.906. The van der Waals surface area contributed by atoms with Crippen LogP contribution >= 0.6 is 0 Å². The molecule has 3 heterocycles. The van der Waals surface area contributed by atoms with E-state index in [1.54, 1.807) is 22.6 Å². The van der Waals surface area contributed by atoms with E-state index in [1.807, 2.05) is 48.6 Å². The van der Waals surface area contributed by atoms with Gasteiger partial charge >= 0.3 is 16.1 Å². The Morgan fingerprint density at radius 3 is 2.63 bits per heavy atom. The van der Waals surface area contributed by atoms with E-state index in [9.17, 15) is 13.2 Å². The Kier molecular flexibility index (Phi) is 4.78. The maximum absolute atomic E-state index is 13.8. The molecule has 35 heavy (non-hydrogen) atoms. The van der Waals surface area contributed by atoms with E-state index in [0.29, 0.717) is 55.5 Å². The summed E-state index contributed by atoms with van der Waals surface area (Å²) < 4.78 is 40.0. The zero-order valence-corrected chi connectivity index (χ0v) is 19.6. The molecule has 3 aliphatic rings. The number of hydrogen-bond acceptors (Lipinski definition) is 6. The average molecular weight is 495 g/mol. The number of nitrogens with two attached hydrogens (primary N) is 1. The lowest BCUT2D eigenvalue weighted by Crippen LogP contribution is -2.89. The van der Waals surface area contributed by atoms with Crippen molar-refractivity contribution < 1.29 is 27.3 Å². The van der Waals surface area contributed by atoms with Crippen LogP contribution in [-0.4, -0.2) is 60.2 Å². The number of nitrogens with zero attached hydrogens (tertiary/aromatic N) is 3. The smallest absolute Gasteiger partial charge is 0.409 e. The van der Waals surface area contributed by atoms with Crippen LogP contribution in [0.1, 0.15) is 12.2 Å². The van der Waals surface area contributed by atoms with E-state index in [4.69, 9.17) is 15.2 Å². The number of quaternary nitrogens is 1. The van der Waals surface area contributed by atoms with Gasteiger partial charge in [0.2, 0.25) is 0 Å². The first-order chi connectivity index (χ1) is 16.9. The zero-order valence-electron chi connectivity index (χ0n) is 18.8. The first kappa shape index (κ1) is 21.8. The van der Waals surface area contributed by atoms with Crippen LogP contribution in [0.5, 0.6) is 5.75 Å². The van der Waals surface area contributed by atoms with Crippen molar-refractivity contribution in [2.24, 2.45) is 5.73 Å². The number of amides is 1. The molecule has 3 aromatic rings. The van der Waals surface area contributed by atoms with Gasteiger partial charge in [-0.05, 0) is 36.4 Å². The highest BCUT2D eigenvalue weighted by Crippen LogP contribution is 2.54. The molecule has 2 spiro atoms. The van der Waals surface area contributed by atoms with E-state index in [-0.39, 0.29) is 4.59 Å². The first-order valence-electron chi connectivity index (χ1n) is 11.3. The number of aromatic amines is 1. The summed E-state index contributed by atoms with van der Waals surface area (Å²) in [5, 5.41) is 0. The van der Waals surface area contributed by atoms with Crippen LogP contribution in [0.3, 0.4) is 0 Å². The molecule has 1 amide bonds. The Hall–Kier alpha value is -3.67. The molecule has 2 fully saturated rings. The van der Waals surface area contributed by atoms with Gasteiger partial charge in [-0.25, -0.2) is 9.78 Å². The highest BCUT2D eigenvalue weighted by Gasteiger charge is 2.77. The third-order valence-corrected chi connectivity index (χ3v) is 9.51. The second-order valence-electron chi connectivity index (χ2n) is 8.79. The predicted octanol–water partition coefficient (Wildman–Crippen LogP) is 2.67. The molecule has 2 saturated heterocycles. The summed E-state index contributed by atoms with van der Waals surface area (Å²) in [4.78, 5) is 17.8. The number of nitrogens with one attached hydrogen (secondary N) is 1. The standard InChI is InChI=1S/C24H23N5O5S/c25-23(30)34-19-6-7-20-21(16-19)27-22(26-20)17-8-10-24(11-9-17)29(12-14-33-15-13-29)28(35(24,31)32)18-4-2-1-3-5-18/h1-10,16H,11-15H2,(H2-,25,26,27,30)/p+1. The minimum absolute atomic E-state index is 0.285. The summed E-state index contributed by atoms with van der Waals surface area (Å²) in [7, 11) is -3.67. The minimum Gasteiger partial charge on any atom is -0.410 e. The molecule has 0 saturated carbocycles. The van der Waals surface area contributed by atoms with Crippen molar-refractivity contribution in [1.82, 2.24) is 9.97 Å². The van der Waals surface area contributed by atoms with Gasteiger partial charge in [0.1, 0.15) is 30.4 Å². The van der Waals surface area contributed by atoms with E-state index in [1.165, 1.54) is 0 Å². The molecule has 1 aliphatic carbocycles. The van der Waals surface area contributed by atoms with Crippen LogP contribution in [-0.2, 0) is 14.8 Å². The molecule has 11 heteroatoms. The third kappa shape index (κ3) is 3.05. The van der Waals surface area contributed by atoms with Gasteiger partial charge in [-0.3, -0.25) is 0 Å². The van der Waals surface area contributed by atoms with Gasteiger partial charge in [-0.1, -0.05) is 24.3 Å². The molecule has 2 aromatic carbocycles. The van der Waals surface area contributed by atoms with Crippen molar-refractivity contribution in [3.8, 4) is 5.75 Å². The van der Waals surface area contributed by atoms with Crippen molar-refractivity contribution in [3.63, 3.8) is 0 Å². The number of ether oxygens (including phenoxy) is 2. The monoisotopic (exact) mass is 494 g/mol. The number of aromatic nitrogens is 2. The van der Waals surface area contributed by atoms with Gasteiger partial charge in [0, 0.05) is 18.1 Å². The van der Waals surface area contributed by atoms with E-state index in [2.05, 4.69) is 9.97 Å². The van der Waals surface area contributed by atoms with E-state index >= 15 is 0 Å². The van der Waals surface area contributed by atoms with Gasteiger partial charge < -0.3 is 20.2 Å². The molecule has 10 nitrogen and oxygen atoms in total. The van der Waals surface area contributed by atoms with Crippen LogP contribution in [0.15, 0.2) is 66.8 Å². The maximum atomic E-state index is 13.8. The number of primary amides is 1. The van der Waals surface area contributed by atoms with Crippen LogP contribution < -0.4 is 14.9 Å². The topological polar surface area (TPSA) is 128 Å². The van der Waals surface area contributed by atoms with Crippen molar-refractivity contribution in [1.29, 1.82) is 0 Å².